The molecule has 7 unspecified atom stereocenters. The van der Waals surface area contributed by atoms with Crippen LogP contribution >= 0.6 is 0 Å². The molecular formula is C25H40N2O3. The summed E-state index contributed by atoms with van der Waals surface area (Å²) in [5.74, 6) is 2.04. The van der Waals surface area contributed by atoms with E-state index in [-0.39, 0.29) is 16.9 Å². The van der Waals surface area contributed by atoms with Crippen molar-refractivity contribution >= 4 is 11.4 Å². The molecule has 4 rings (SSSR count). The van der Waals surface area contributed by atoms with Gasteiger partial charge >= 0.3 is 0 Å². The Hall–Kier alpha value is -1.36. The first-order valence-electron chi connectivity index (χ1n) is 12.1. The molecule has 3 saturated carbocycles. The lowest BCUT2D eigenvalue weighted by atomic mass is 9.46. The highest BCUT2D eigenvalue weighted by Crippen LogP contribution is 2.66. The van der Waals surface area contributed by atoms with Gasteiger partial charge in [0.25, 0.3) is 0 Å². The van der Waals surface area contributed by atoms with Crippen molar-refractivity contribution < 1.29 is 14.8 Å². The molecule has 168 valence electrons. The smallest absolute Gasteiger partial charge is 0.114 e. The Bertz CT molecular complexity index is 745. The van der Waals surface area contributed by atoms with E-state index in [4.69, 9.17) is 9.68 Å². The van der Waals surface area contributed by atoms with E-state index in [0.29, 0.717) is 36.9 Å². The van der Waals surface area contributed by atoms with Gasteiger partial charge in [-0.15, -0.1) is 0 Å². The molecule has 0 aromatic rings. The summed E-state index contributed by atoms with van der Waals surface area (Å²) in [7, 11) is 0. The lowest BCUT2D eigenvalue weighted by molar-refractivity contribution is -0.121. The van der Waals surface area contributed by atoms with Gasteiger partial charge in [-0.3, -0.25) is 0 Å². The van der Waals surface area contributed by atoms with Gasteiger partial charge in [-0.25, -0.2) is 0 Å². The predicted molar refractivity (Wildman–Crippen MR) is 120 cm³/mol. The van der Waals surface area contributed by atoms with Crippen molar-refractivity contribution in [1.29, 1.82) is 0 Å². The lowest BCUT2D eigenvalue weighted by Gasteiger charge is -2.60. The van der Waals surface area contributed by atoms with Crippen LogP contribution in [0.5, 0.6) is 0 Å². The molecule has 0 heterocycles. The molecule has 30 heavy (non-hydrogen) atoms. The summed E-state index contributed by atoms with van der Waals surface area (Å²) >= 11 is 0. The Morgan fingerprint density at radius 1 is 1.13 bits per heavy atom. The van der Waals surface area contributed by atoms with Crippen LogP contribution < -0.4 is 0 Å². The van der Waals surface area contributed by atoms with Crippen LogP contribution in [-0.4, -0.2) is 35.8 Å². The molecule has 0 spiro atoms. The van der Waals surface area contributed by atoms with Crippen molar-refractivity contribution in [3.05, 3.63) is 11.6 Å². The first kappa shape index (κ1) is 21.9. The molecule has 7 atom stereocenters. The standard InChI is InChI=1S/C25H40N2O3/c1-6-29-26-16(3)20-10-11-21-19-9-8-17-14-18(27-30-7-2)12-13-24(17,4)23(19)22(28)15-25(20,21)5/h14,19-23,28H,6-13,15H2,1-5H3/b26-16+,27-18+. The van der Waals surface area contributed by atoms with E-state index in [0.717, 1.165) is 37.1 Å². The normalized spacial score (nSPS) is 44.7. The molecule has 3 fully saturated rings. The molecule has 0 aromatic heterocycles. The summed E-state index contributed by atoms with van der Waals surface area (Å²) in [6.07, 6.45) is 9.65. The highest BCUT2D eigenvalue weighted by Gasteiger charge is 2.62. The zero-order valence-electron chi connectivity index (χ0n) is 19.5. The van der Waals surface area contributed by atoms with E-state index < -0.39 is 0 Å². The van der Waals surface area contributed by atoms with Crippen LogP contribution in [0.4, 0.5) is 0 Å². The zero-order valence-corrected chi connectivity index (χ0v) is 19.5. The Balaban J connectivity index is 1.61. The predicted octanol–water partition coefficient (Wildman–Crippen LogP) is 5.34. The third-order valence-electron chi connectivity index (χ3n) is 9.06. The maximum absolute atomic E-state index is 11.6. The molecule has 0 amide bonds. The summed E-state index contributed by atoms with van der Waals surface area (Å²) in [4.78, 5) is 10.7. The third kappa shape index (κ3) is 3.41. The minimum Gasteiger partial charge on any atom is -0.396 e. The monoisotopic (exact) mass is 416 g/mol. The van der Waals surface area contributed by atoms with Crippen LogP contribution in [0.25, 0.3) is 0 Å². The quantitative estimate of drug-likeness (QED) is 0.486. The summed E-state index contributed by atoms with van der Waals surface area (Å²) in [5.41, 5.74) is 3.88. The number of aliphatic hydroxyl groups is 1. The lowest BCUT2D eigenvalue weighted by Crippen LogP contribution is -2.57. The van der Waals surface area contributed by atoms with E-state index in [1.54, 1.807) is 0 Å². The van der Waals surface area contributed by atoms with Crippen LogP contribution in [-0.2, 0) is 9.68 Å². The van der Waals surface area contributed by atoms with Gasteiger partial charge in [0.15, 0.2) is 0 Å². The fraction of sp³-hybridized carbons (Fsp3) is 0.840. The van der Waals surface area contributed by atoms with Crippen molar-refractivity contribution in [2.24, 2.45) is 44.8 Å². The van der Waals surface area contributed by atoms with E-state index in [1.165, 1.54) is 24.8 Å². The van der Waals surface area contributed by atoms with Gasteiger partial charge in [-0.1, -0.05) is 29.7 Å². The van der Waals surface area contributed by atoms with Crippen molar-refractivity contribution in [2.75, 3.05) is 13.2 Å². The Morgan fingerprint density at radius 3 is 2.63 bits per heavy atom. The van der Waals surface area contributed by atoms with Gasteiger partial charge in [-0.05, 0) is 100 Å². The number of hydrogen-bond donors (Lipinski definition) is 1. The summed E-state index contributed by atoms with van der Waals surface area (Å²) in [5, 5.41) is 20.3. The minimum atomic E-state index is -0.254. The highest BCUT2D eigenvalue weighted by molar-refractivity contribution is 5.96. The van der Waals surface area contributed by atoms with E-state index in [9.17, 15) is 5.11 Å². The van der Waals surface area contributed by atoms with Gasteiger partial charge in [0, 0.05) is 5.92 Å². The van der Waals surface area contributed by atoms with E-state index >= 15 is 0 Å². The van der Waals surface area contributed by atoms with Crippen LogP contribution in [0.15, 0.2) is 22.0 Å². The molecule has 0 aromatic carbocycles. The fourth-order valence-corrected chi connectivity index (χ4v) is 7.83. The molecule has 4 aliphatic rings. The zero-order chi connectivity index (χ0) is 21.5. The van der Waals surface area contributed by atoms with Gasteiger partial charge in [0.2, 0.25) is 0 Å². The number of fused-ring (bicyclic) bond motifs is 5. The first-order chi connectivity index (χ1) is 14.3. The average Bonchev–Trinajstić information content (AvgIpc) is 3.06. The number of nitrogens with zero attached hydrogens (tertiary/aromatic N) is 2. The fourth-order valence-electron chi connectivity index (χ4n) is 7.83. The van der Waals surface area contributed by atoms with Crippen LogP contribution in [0, 0.1) is 34.5 Å². The maximum Gasteiger partial charge on any atom is 0.114 e. The molecular weight excluding hydrogens is 376 g/mol. The van der Waals surface area contributed by atoms with Crippen molar-refractivity contribution in [1.82, 2.24) is 0 Å². The van der Waals surface area contributed by atoms with Crippen LogP contribution in [0.3, 0.4) is 0 Å². The summed E-state index contributed by atoms with van der Waals surface area (Å²) < 4.78 is 0. The molecule has 0 radical (unpaired) electrons. The molecule has 0 aliphatic heterocycles. The van der Waals surface area contributed by atoms with Gasteiger partial charge in [0.05, 0.1) is 17.5 Å². The molecule has 5 heteroatoms. The van der Waals surface area contributed by atoms with Gasteiger partial charge < -0.3 is 14.8 Å². The van der Waals surface area contributed by atoms with Crippen molar-refractivity contribution in [3.63, 3.8) is 0 Å². The average molecular weight is 417 g/mol. The Kier molecular flexibility index (Phi) is 6.04. The van der Waals surface area contributed by atoms with E-state index in [1.807, 2.05) is 13.8 Å². The SMILES string of the molecule is CCO/N=C1/C=C2CCC3C(C(O)CC4(C)C(/C(C)=N/OCC)CCC34)C2(C)CC1. The molecule has 0 bridgehead atoms. The highest BCUT2D eigenvalue weighted by atomic mass is 16.6. The third-order valence-corrected chi connectivity index (χ3v) is 9.06. The van der Waals surface area contributed by atoms with Crippen LogP contribution in [0.2, 0.25) is 0 Å². The number of hydrogen-bond acceptors (Lipinski definition) is 5. The largest absolute Gasteiger partial charge is 0.396 e. The second kappa shape index (κ2) is 8.29. The summed E-state index contributed by atoms with van der Waals surface area (Å²) in [6.45, 7) is 12.1. The molecule has 0 saturated heterocycles. The number of oxime groups is 2. The van der Waals surface area contributed by atoms with Gasteiger partial charge in [0.1, 0.15) is 13.2 Å². The number of rotatable bonds is 5. The maximum atomic E-state index is 11.6. The second-order valence-corrected chi connectivity index (χ2v) is 10.5. The molecule has 5 nitrogen and oxygen atoms in total. The van der Waals surface area contributed by atoms with Crippen molar-refractivity contribution in [2.45, 2.75) is 85.7 Å². The minimum absolute atomic E-state index is 0.0848. The topological polar surface area (TPSA) is 63.4 Å². The van der Waals surface area contributed by atoms with Crippen LogP contribution in [0.1, 0.15) is 79.6 Å². The number of allylic oxidation sites excluding steroid dienone is 2. The molecule has 4 aliphatic carbocycles. The van der Waals surface area contributed by atoms with E-state index in [2.05, 4.69) is 37.2 Å². The number of aliphatic hydroxyl groups excluding tert-OH is 1. The van der Waals surface area contributed by atoms with Gasteiger partial charge in [-0.2, -0.15) is 0 Å². The summed E-state index contributed by atoms with van der Waals surface area (Å²) in [6, 6.07) is 0. The molecule has 1 N–H and O–H groups in total. The Labute approximate surface area is 182 Å². The Morgan fingerprint density at radius 2 is 1.90 bits per heavy atom. The van der Waals surface area contributed by atoms with Crippen molar-refractivity contribution in [3.8, 4) is 0 Å². The first-order valence-corrected chi connectivity index (χ1v) is 12.1. The second-order valence-electron chi connectivity index (χ2n) is 10.5.